The summed E-state index contributed by atoms with van der Waals surface area (Å²) in [6.07, 6.45) is 0.480. The molecule has 1 saturated heterocycles. The first-order chi connectivity index (χ1) is 17.8. The molecule has 0 radical (unpaired) electrons. The SMILES string of the molecule is COc1ccc(Cn2c(=O)c3cc(OC(C)C#N)ccc3n(C3CCN(C(C)=O)CC3)c2=O)cc1OC. The number of hydrogen-bond donors (Lipinski definition) is 0. The maximum absolute atomic E-state index is 13.8. The van der Waals surface area contributed by atoms with Crippen molar-refractivity contribution in [2.75, 3.05) is 27.3 Å². The van der Waals surface area contributed by atoms with Gasteiger partial charge in [0.1, 0.15) is 11.8 Å². The van der Waals surface area contributed by atoms with E-state index in [1.165, 1.54) is 25.7 Å². The number of likely N-dealkylation sites (tertiary alicyclic amines) is 1. The topological polar surface area (TPSA) is 116 Å². The lowest BCUT2D eigenvalue weighted by atomic mass is 10.0. The number of nitriles is 1. The third-order valence-corrected chi connectivity index (χ3v) is 6.70. The fourth-order valence-corrected chi connectivity index (χ4v) is 4.76. The summed E-state index contributed by atoms with van der Waals surface area (Å²) in [4.78, 5) is 41.0. The molecule has 1 atom stereocenters. The van der Waals surface area contributed by atoms with E-state index in [0.717, 1.165) is 0 Å². The molecule has 3 aromatic rings. The molecule has 0 saturated carbocycles. The fraction of sp³-hybridized carbons (Fsp3) is 0.407. The average Bonchev–Trinajstić information content (AvgIpc) is 2.91. The highest BCUT2D eigenvalue weighted by molar-refractivity contribution is 5.80. The maximum Gasteiger partial charge on any atom is 0.332 e. The van der Waals surface area contributed by atoms with Crippen molar-refractivity contribution in [2.45, 2.75) is 45.4 Å². The Morgan fingerprint density at radius 3 is 2.41 bits per heavy atom. The first-order valence-electron chi connectivity index (χ1n) is 12.1. The molecular formula is C27H30N4O6. The van der Waals surface area contributed by atoms with E-state index in [1.54, 1.807) is 52.8 Å². The van der Waals surface area contributed by atoms with Gasteiger partial charge in [0.15, 0.2) is 17.6 Å². The summed E-state index contributed by atoms with van der Waals surface area (Å²) in [5.41, 5.74) is 0.311. The van der Waals surface area contributed by atoms with E-state index in [1.807, 2.05) is 6.07 Å². The molecule has 0 N–H and O–H groups in total. The highest BCUT2D eigenvalue weighted by Gasteiger charge is 2.26. The Balaban J connectivity index is 1.86. The second-order valence-corrected chi connectivity index (χ2v) is 9.04. The standard InChI is InChI=1S/C27H30N4O6/c1-17(15-28)37-21-6-7-23-22(14-21)26(33)30(16-19-5-8-24(35-3)25(13-19)36-4)27(34)31(23)20-9-11-29(12-10-20)18(2)32/h5-8,13-14,17,20H,9-12,16H2,1-4H3. The van der Waals surface area contributed by atoms with Crippen molar-refractivity contribution in [3.8, 4) is 23.3 Å². The quantitative estimate of drug-likeness (QED) is 0.484. The Labute approximate surface area is 214 Å². The van der Waals surface area contributed by atoms with Crippen LogP contribution in [0.1, 0.15) is 38.3 Å². The number of benzene rings is 2. The highest BCUT2D eigenvalue weighted by atomic mass is 16.5. The minimum atomic E-state index is -0.701. The Bertz CT molecular complexity index is 1480. The number of aromatic nitrogens is 2. The Morgan fingerprint density at radius 1 is 1.08 bits per heavy atom. The zero-order chi connectivity index (χ0) is 26.7. The van der Waals surface area contributed by atoms with Crippen molar-refractivity contribution in [2.24, 2.45) is 0 Å². The van der Waals surface area contributed by atoms with E-state index < -0.39 is 17.4 Å². The predicted octanol–water partition coefficient (Wildman–Crippen LogP) is 2.70. The van der Waals surface area contributed by atoms with Crippen molar-refractivity contribution in [1.29, 1.82) is 5.26 Å². The highest BCUT2D eigenvalue weighted by Crippen LogP contribution is 2.29. The number of rotatable bonds is 7. The summed E-state index contributed by atoms with van der Waals surface area (Å²) < 4.78 is 19.2. The lowest BCUT2D eigenvalue weighted by Crippen LogP contribution is -2.45. The number of amides is 1. The van der Waals surface area contributed by atoms with E-state index in [0.29, 0.717) is 59.6 Å². The fourth-order valence-electron chi connectivity index (χ4n) is 4.76. The van der Waals surface area contributed by atoms with Crippen LogP contribution in [-0.4, -0.2) is 53.4 Å². The molecule has 0 spiro atoms. The van der Waals surface area contributed by atoms with E-state index in [4.69, 9.17) is 19.5 Å². The van der Waals surface area contributed by atoms with Gasteiger partial charge in [-0.3, -0.25) is 18.7 Å². The molecule has 1 unspecified atom stereocenters. The van der Waals surface area contributed by atoms with Crippen molar-refractivity contribution < 1.29 is 19.0 Å². The molecule has 194 valence electrons. The van der Waals surface area contributed by atoms with Crippen LogP contribution in [-0.2, 0) is 11.3 Å². The number of hydrogen-bond acceptors (Lipinski definition) is 7. The van der Waals surface area contributed by atoms with Gasteiger partial charge in [-0.05, 0) is 55.7 Å². The van der Waals surface area contributed by atoms with Crippen LogP contribution in [0.25, 0.3) is 10.9 Å². The van der Waals surface area contributed by atoms with Crippen LogP contribution in [0.5, 0.6) is 17.2 Å². The summed E-state index contributed by atoms with van der Waals surface area (Å²) >= 11 is 0. The minimum Gasteiger partial charge on any atom is -0.493 e. The van der Waals surface area contributed by atoms with Gasteiger partial charge in [-0.25, -0.2) is 4.79 Å². The number of carbonyl (C=O) groups is 1. The van der Waals surface area contributed by atoms with Gasteiger partial charge < -0.3 is 19.1 Å². The number of fused-ring (bicyclic) bond motifs is 1. The van der Waals surface area contributed by atoms with Crippen LogP contribution in [0.15, 0.2) is 46.0 Å². The number of piperidine rings is 1. The lowest BCUT2D eigenvalue weighted by Gasteiger charge is -2.33. The van der Waals surface area contributed by atoms with Crippen molar-refractivity contribution in [3.05, 3.63) is 62.8 Å². The largest absolute Gasteiger partial charge is 0.493 e. The van der Waals surface area contributed by atoms with Crippen LogP contribution in [0.3, 0.4) is 0 Å². The van der Waals surface area contributed by atoms with Crippen LogP contribution in [0.2, 0.25) is 0 Å². The summed E-state index contributed by atoms with van der Waals surface area (Å²) in [7, 11) is 3.06. The third-order valence-electron chi connectivity index (χ3n) is 6.70. The number of methoxy groups -OCH3 is 2. The van der Waals surface area contributed by atoms with Gasteiger partial charge in [0.2, 0.25) is 5.91 Å². The van der Waals surface area contributed by atoms with Gasteiger partial charge in [-0.2, -0.15) is 5.26 Å². The van der Waals surface area contributed by atoms with Crippen LogP contribution >= 0.6 is 0 Å². The Morgan fingerprint density at radius 2 is 1.78 bits per heavy atom. The van der Waals surface area contributed by atoms with E-state index >= 15 is 0 Å². The first-order valence-corrected chi connectivity index (χ1v) is 12.1. The molecular weight excluding hydrogens is 476 g/mol. The molecule has 0 bridgehead atoms. The molecule has 2 aromatic carbocycles. The van der Waals surface area contributed by atoms with Gasteiger partial charge in [-0.1, -0.05) is 6.07 Å². The van der Waals surface area contributed by atoms with Crippen LogP contribution in [0.4, 0.5) is 0 Å². The van der Waals surface area contributed by atoms with E-state index in [2.05, 4.69) is 0 Å². The van der Waals surface area contributed by atoms with Crippen molar-refractivity contribution in [1.82, 2.24) is 14.0 Å². The summed E-state index contributed by atoms with van der Waals surface area (Å²) in [6.45, 7) is 4.24. The van der Waals surface area contributed by atoms with Gasteiger partial charge >= 0.3 is 5.69 Å². The van der Waals surface area contributed by atoms with Gasteiger partial charge in [0, 0.05) is 26.1 Å². The summed E-state index contributed by atoms with van der Waals surface area (Å²) in [6, 6.07) is 12.0. The van der Waals surface area contributed by atoms with Crippen molar-refractivity contribution >= 4 is 16.8 Å². The zero-order valence-corrected chi connectivity index (χ0v) is 21.4. The molecule has 1 aliphatic rings. The Kier molecular flexibility index (Phi) is 7.53. The zero-order valence-electron chi connectivity index (χ0n) is 21.4. The molecule has 1 aromatic heterocycles. The maximum atomic E-state index is 13.8. The van der Waals surface area contributed by atoms with Gasteiger partial charge in [-0.15, -0.1) is 0 Å². The second-order valence-electron chi connectivity index (χ2n) is 9.04. The minimum absolute atomic E-state index is 0.00230. The molecule has 1 amide bonds. The van der Waals surface area contributed by atoms with E-state index in [9.17, 15) is 14.4 Å². The normalized spacial score (nSPS) is 14.7. The molecule has 2 heterocycles. The first kappa shape index (κ1) is 25.8. The average molecular weight is 507 g/mol. The molecule has 10 heteroatoms. The lowest BCUT2D eigenvalue weighted by molar-refractivity contribution is -0.130. The molecule has 37 heavy (non-hydrogen) atoms. The number of carbonyl (C=O) groups excluding carboxylic acids is 1. The van der Waals surface area contributed by atoms with Crippen molar-refractivity contribution in [3.63, 3.8) is 0 Å². The Hall–Kier alpha value is -4.26. The van der Waals surface area contributed by atoms with Crippen LogP contribution in [0, 0.1) is 11.3 Å². The van der Waals surface area contributed by atoms with Crippen LogP contribution < -0.4 is 25.5 Å². The van der Waals surface area contributed by atoms with E-state index in [-0.39, 0.29) is 18.5 Å². The molecule has 1 aliphatic heterocycles. The second kappa shape index (κ2) is 10.8. The third kappa shape index (κ3) is 5.16. The molecule has 0 aliphatic carbocycles. The molecule has 10 nitrogen and oxygen atoms in total. The number of nitrogens with zero attached hydrogens (tertiary/aromatic N) is 4. The number of ether oxygens (including phenoxy) is 3. The monoisotopic (exact) mass is 506 g/mol. The van der Waals surface area contributed by atoms with Gasteiger partial charge in [0.05, 0.1) is 31.7 Å². The predicted molar refractivity (Wildman–Crippen MR) is 137 cm³/mol. The smallest absolute Gasteiger partial charge is 0.332 e. The molecule has 4 rings (SSSR count). The summed E-state index contributed by atoms with van der Waals surface area (Å²) in [5.74, 6) is 1.41. The summed E-state index contributed by atoms with van der Waals surface area (Å²) in [5, 5.41) is 9.45. The van der Waals surface area contributed by atoms with Gasteiger partial charge in [0.25, 0.3) is 5.56 Å². The molecule has 1 fully saturated rings.